The third-order valence-corrected chi connectivity index (χ3v) is 5.18. The summed E-state index contributed by atoms with van der Waals surface area (Å²) in [6.45, 7) is 0.115. The van der Waals surface area contributed by atoms with E-state index in [4.69, 9.17) is 0 Å². The van der Waals surface area contributed by atoms with Gasteiger partial charge in [-0.05, 0) is 11.1 Å². The highest BCUT2D eigenvalue weighted by Gasteiger charge is 2.46. The summed E-state index contributed by atoms with van der Waals surface area (Å²) in [6, 6.07) is 22.4. The van der Waals surface area contributed by atoms with E-state index in [1.165, 1.54) is 23.1 Å². The summed E-state index contributed by atoms with van der Waals surface area (Å²) >= 11 is 0. The SMILES string of the molecule is O=C1C(=O)N(Cc2ccccc2)C(c2cccc([N+](=O)[O-])c2)/C1=C(/O)c1ccccc1. The molecule has 1 saturated heterocycles. The van der Waals surface area contributed by atoms with Crippen LogP contribution >= 0.6 is 0 Å². The number of amides is 1. The molecule has 1 atom stereocenters. The van der Waals surface area contributed by atoms with Gasteiger partial charge in [0.1, 0.15) is 5.76 Å². The summed E-state index contributed by atoms with van der Waals surface area (Å²) in [5, 5.41) is 22.3. The summed E-state index contributed by atoms with van der Waals surface area (Å²) < 4.78 is 0. The quantitative estimate of drug-likeness (QED) is 0.222. The number of hydrogen-bond donors (Lipinski definition) is 1. The lowest BCUT2D eigenvalue weighted by Crippen LogP contribution is -2.29. The number of nitro groups is 1. The molecule has 1 aliphatic heterocycles. The molecule has 7 nitrogen and oxygen atoms in total. The molecular formula is C24H18N2O5. The minimum absolute atomic E-state index is 0.0902. The number of hydrogen-bond acceptors (Lipinski definition) is 5. The molecule has 7 heteroatoms. The molecule has 1 heterocycles. The van der Waals surface area contributed by atoms with Crippen molar-refractivity contribution in [1.82, 2.24) is 4.90 Å². The Hall–Kier alpha value is -4.26. The number of rotatable bonds is 5. The van der Waals surface area contributed by atoms with Gasteiger partial charge in [0.05, 0.1) is 16.5 Å². The maximum absolute atomic E-state index is 13.0. The first kappa shape index (κ1) is 20.0. The van der Waals surface area contributed by atoms with Crippen LogP contribution in [0.4, 0.5) is 5.69 Å². The maximum atomic E-state index is 13.0. The van der Waals surface area contributed by atoms with E-state index in [-0.39, 0.29) is 23.6 Å². The summed E-state index contributed by atoms with van der Waals surface area (Å²) in [6.07, 6.45) is 0. The number of carbonyl (C=O) groups is 2. The minimum atomic E-state index is -0.958. The van der Waals surface area contributed by atoms with Crippen molar-refractivity contribution in [2.75, 3.05) is 0 Å². The second-order valence-corrected chi connectivity index (χ2v) is 7.13. The van der Waals surface area contributed by atoms with Crippen LogP contribution in [0.2, 0.25) is 0 Å². The molecule has 1 fully saturated rings. The Bertz CT molecular complexity index is 1190. The van der Waals surface area contributed by atoms with Gasteiger partial charge in [-0.3, -0.25) is 19.7 Å². The molecule has 0 aliphatic carbocycles. The lowest BCUT2D eigenvalue weighted by Gasteiger charge is -2.25. The van der Waals surface area contributed by atoms with Crippen molar-refractivity contribution < 1.29 is 19.6 Å². The van der Waals surface area contributed by atoms with Gasteiger partial charge in [-0.15, -0.1) is 0 Å². The van der Waals surface area contributed by atoms with E-state index in [0.717, 1.165) is 5.56 Å². The Morgan fingerprint density at radius 1 is 0.935 bits per heavy atom. The van der Waals surface area contributed by atoms with Crippen LogP contribution in [0, 0.1) is 10.1 Å². The predicted molar refractivity (Wildman–Crippen MR) is 114 cm³/mol. The van der Waals surface area contributed by atoms with Gasteiger partial charge in [-0.2, -0.15) is 0 Å². The highest BCUT2D eigenvalue weighted by Crippen LogP contribution is 2.41. The predicted octanol–water partition coefficient (Wildman–Crippen LogP) is 4.22. The van der Waals surface area contributed by atoms with Crippen LogP contribution in [0.1, 0.15) is 22.7 Å². The number of non-ortho nitro benzene ring substituents is 1. The monoisotopic (exact) mass is 414 g/mol. The van der Waals surface area contributed by atoms with Crippen molar-refractivity contribution in [2.45, 2.75) is 12.6 Å². The number of nitro benzene ring substituents is 1. The summed E-state index contributed by atoms with van der Waals surface area (Å²) in [4.78, 5) is 38.0. The van der Waals surface area contributed by atoms with E-state index in [2.05, 4.69) is 0 Å². The second-order valence-electron chi connectivity index (χ2n) is 7.13. The molecule has 1 amide bonds. The first-order chi connectivity index (χ1) is 15.0. The van der Waals surface area contributed by atoms with Crippen LogP contribution in [-0.4, -0.2) is 26.6 Å². The molecular weight excluding hydrogens is 396 g/mol. The zero-order chi connectivity index (χ0) is 22.0. The van der Waals surface area contributed by atoms with Crippen molar-refractivity contribution in [3.8, 4) is 0 Å². The normalized spacial score (nSPS) is 17.7. The first-order valence-electron chi connectivity index (χ1n) is 9.59. The number of benzene rings is 3. The van der Waals surface area contributed by atoms with Crippen molar-refractivity contribution in [1.29, 1.82) is 0 Å². The summed E-state index contributed by atoms with van der Waals surface area (Å²) in [5.41, 5.74) is 1.30. The summed E-state index contributed by atoms with van der Waals surface area (Å²) in [5.74, 6) is -1.90. The van der Waals surface area contributed by atoms with Crippen LogP contribution in [-0.2, 0) is 16.1 Å². The fraction of sp³-hybridized carbons (Fsp3) is 0.0833. The lowest BCUT2D eigenvalue weighted by atomic mass is 9.95. The highest BCUT2D eigenvalue weighted by atomic mass is 16.6. The largest absolute Gasteiger partial charge is 0.507 e. The van der Waals surface area contributed by atoms with Crippen LogP contribution in [0.15, 0.2) is 90.5 Å². The van der Waals surface area contributed by atoms with Gasteiger partial charge in [-0.25, -0.2) is 0 Å². The fourth-order valence-electron chi connectivity index (χ4n) is 3.73. The molecule has 0 radical (unpaired) electrons. The van der Waals surface area contributed by atoms with Crippen LogP contribution in [0.5, 0.6) is 0 Å². The van der Waals surface area contributed by atoms with Crippen LogP contribution in [0.3, 0.4) is 0 Å². The molecule has 31 heavy (non-hydrogen) atoms. The molecule has 0 bridgehead atoms. The molecule has 4 rings (SSSR count). The van der Waals surface area contributed by atoms with E-state index >= 15 is 0 Å². The lowest BCUT2D eigenvalue weighted by molar-refractivity contribution is -0.384. The van der Waals surface area contributed by atoms with Gasteiger partial charge >= 0.3 is 0 Å². The van der Waals surface area contributed by atoms with Crippen LogP contribution in [0.25, 0.3) is 5.76 Å². The number of aliphatic hydroxyl groups is 1. The zero-order valence-electron chi connectivity index (χ0n) is 16.3. The molecule has 0 spiro atoms. The number of carbonyl (C=O) groups excluding carboxylic acids is 2. The van der Waals surface area contributed by atoms with Gasteiger partial charge in [0, 0.05) is 24.2 Å². The van der Waals surface area contributed by atoms with E-state index in [1.54, 1.807) is 36.4 Å². The molecule has 3 aromatic rings. The van der Waals surface area contributed by atoms with Crippen molar-refractivity contribution in [3.05, 3.63) is 117 Å². The molecule has 3 aromatic carbocycles. The van der Waals surface area contributed by atoms with E-state index in [1.807, 2.05) is 30.3 Å². The average molecular weight is 414 g/mol. The third kappa shape index (κ3) is 3.81. The number of nitrogens with zero attached hydrogens (tertiary/aromatic N) is 2. The summed E-state index contributed by atoms with van der Waals surface area (Å²) in [7, 11) is 0. The average Bonchev–Trinajstić information content (AvgIpc) is 3.05. The minimum Gasteiger partial charge on any atom is -0.507 e. The topological polar surface area (TPSA) is 101 Å². The molecule has 1 N–H and O–H groups in total. The highest BCUT2D eigenvalue weighted by molar-refractivity contribution is 6.46. The van der Waals surface area contributed by atoms with E-state index < -0.39 is 22.7 Å². The Morgan fingerprint density at radius 2 is 1.58 bits per heavy atom. The number of Topliss-reactive ketones (excluding diaryl/α,β-unsaturated/α-hetero) is 1. The maximum Gasteiger partial charge on any atom is 0.295 e. The molecule has 0 aromatic heterocycles. The Kier molecular flexibility index (Phi) is 5.32. The molecule has 1 aliphatic rings. The first-order valence-corrected chi connectivity index (χ1v) is 9.59. The van der Waals surface area contributed by atoms with Gasteiger partial charge in [-0.1, -0.05) is 72.8 Å². The van der Waals surface area contributed by atoms with Crippen LogP contribution < -0.4 is 0 Å². The van der Waals surface area contributed by atoms with Gasteiger partial charge < -0.3 is 10.0 Å². The Labute approximate surface area is 178 Å². The fourth-order valence-corrected chi connectivity index (χ4v) is 3.73. The van der Waals surface area contributed by atoms with Gasteiger partial charge in [0.2, 0.25) is 0 Å². The molecule has 1 unspecified atom stereocenters. The molecule has 0 saturated carbocycles. The standard InChI is InChI=1S/C24H18N2O5/c27-22(17-10-5-2-6-11-17)20-21(18-12-7-13-19(14-18)26(30)31)25(24(29)23(20)28)15-16-8-3-1-4-9-16/h1-14,21,27H,15H2/b22-20-. The Morgan fingerprint density at radius 3 is 2.23 bits per heavy atom. The van der Waals surface area contributed by atoms with Gasteiger partial charge in [0.15, 0.2) is 0 Å². The van der Waals surface area contributed by atoms with E-state index in [9.17, 15) is 24.8 Å². The Balaban J connectivity index is 1.89. The zero-order valence-corrected chi connectivity index (χ0v) is 16.3. The molecule has 154 valence electrons. The number of likely N-dealkylation sites (tertiary alicyclic amines) is 1. The van der Waals surface area contributed by atoms with Crippen molar-refractivity contribution in [3.63, 3.8) is 0 Å². The third-order valence-electron chi connectivity index (χ3n) is 5.18. The number of ketones is 1. The number of aliphatic hydroxyl groups excluding tert-OH is 1. The van der Waals surface area contributed by atoms with Gasteiger partial charge in [0.25, 0.3) is 17.4 Å². The van der Waals surface area contributed by atoms with E-state index in [0.29, 0.717) is 11.1 Å². The smallest absolute Gasteiger partial charge is 0.295 e. The second kappa shape index (κ2) is 8.23. The van der Waals surface area contributed by atoms with Crippen molar-refractivity contribution >= 4 is 23.1 Å². The van der Waals surface area contributed by atoms with Crippen molar-refractivity contribution in [2.24, 2.45) is 0 Å².